The Morgan fingerprint density at radius 3 is 2.71 bits per heavy atom. The third kappa shape index (κ3) is 2.96. The van der Waals surface area contributed by atoms with Crippen molar-refractivity contribution in [1.82, 2.24) is 0 Å². The Bertz CT molecular complexity index is 407. The van der Waals surface area contributed by atoms with E-state index in [1.54, 1.807) is 24.3 Å². The van der Waals surface area contributed by atoms with Crippen LogP contribution in [0.15, 0.2) is 33.1 Å². The van der Waals surface area contributed by atoms with Gasteiger partial charge in [-0.2, -0.15) is 10.5 Å². The molecule has 4 nitrogen and oxygen atoms in total. The van der Waals surface area contributed by atoms with Crippen molar-refractivity contribution in [3.8, 4) is 12.1 Å². The van der Waals surface area contributed by atoms with E-state index in [1.165, 1.54) is 0 Å². The van der Waals surface area contributed by atoms with Crippen LogP contribution in [-0.2, 0) is 11.3 Å². The van der Waals surface area contributed by atoms with Gasteiger partial charge < -0.3 is 9.15 Å². The number of nitriles is 2. The molecule has 0 bridgehead atoms. The van der Waals surface area contributed by atoms with Gasteiger partial charge in [0.25, 0.3) is 0 Å². The SMILES string of the molecule is N#CC(C#N)=COCc1ccc(Br)o1. The predicted molar refractivity (Wildman–Crippen MR) is 50.5 cm³/mol. The fraction of sp³-hybridized carbons (Fsp3) is 0.111. The number of rotatable bonds is 3. The van der Waals surface area contributed by atoms with E-state index in [1.807, 2.05) is 0 Å². The third-order valence-corrected chi connectivity index (χ3v) is 1.72. The minimum atomic E-state index is -0.0735. The van der Waals surface area contributed by atoms with E-state index in [4.69, 9.17) is 19.7 Å². The summed E-state index contributed by atoms with van der Waals surface area (Å²) in [5, 5.41) is 16.8. The normalized spacial score (nSPS) is 8.50. The molecule has 0 amide bonds. The van der Waals surface area contributed by atoms with E-state index < -0.39 is 0 Å². The molecule has 0 saturated carbocycles. The monoisotopic (exact) mass is 252 g/mol. The fourth-order valence-corrected chi connectivity index (χ4v) is 1.05. The highest BCUT2D eigenvalue weighted by Crippen LogP contribution is 2.14. The molecule has 14 heavy (non-hydrogen) atoms. The van der Waals surface area contributed by atoms with Crippen LogP contribution in [0.3, 0.4) is 0 Å². The first-order valence-corrected chi connectivity index (χ1v) is 4.41. The van der Waals surface area contributed by atoms with E-state index in [-0.39, 0.29) is 12.2 Å². The van der Waals surface area contributed by atoms with Gasteiger partial charge in [0.15, 0.2) is 10.2 Å². The molecular weight excluding hydrogens is 248 g/mol. The molecule has 0 aromatic carbocycles. The lowest BCUT2D eigenvalue weighted by Crippen LogP contribution is -1.84. The molecule has 0 aliphatic carbocycles. The molecule has 0 aliphatic rings. The van der Waals surface area contributed by atoms with Crippen molar-refractivity contribution in [3.63, 3.8) is 0 Å². The molecule has 0 spiro atoms. The first-order valence-electron chi connectivity index (χ1n) is 3.62. The van der Waals surface area contributed by atoms with Gasteiger partial charge in [0.2, 0.25) is 0 Å². The molecule has 1 rings (SSSR count). The molecule has 0 radical (unpaired) electrons. The van der Waals surface area contributed by atoms with Crippen LogP contribution in [-0.4, -0.2) is 0 Å². The molecule has 1 aromatic rings. The highest BCUT2D eigenvalue weighted by Gasteiger charge is 1.98. The van der Waals surface area contributed by atoms with Gasteiger partial charge in [-0.05, 0) is 28.1 Å². The van der Waals surface area contributed by atoms with Gasteiger partial charge >= 0.3 is 0 Å². The van der Waals surface area contributed by atoms with Crippen LogP contribution in [0, 0.1) is 22.7 Å². The first kappa shape index (κ1) is 10.4. The molecule has 0 saturated heterocycles. The molecule has 0 aliphatic heterocycles. The largest absolute Gasteiger partial charge is 0.491 e. The van der Waals surface area contributed by atoms with E-state index in [0.29, 0.717) is 10.4 Å². The Labute approximate surface area is 89.1 Å². The summed E-state index contributed by atoms with van der Waals surface area (Å²) < 4.78 is 10.7. The summed E-state index contributed by atoms with van der Waals surface area (Å²) in [6, 6.07) is 6.82. The summed E-state index contributed by atoms with van der Waals surface area (Å²) in [5.74, 6) is 0.614. The van der Waals surface area contributed by atoms with E-state index in [2.05, 4.69) is 15.9 Å². The average Bonchev–Trinajstić information content (AvgIpc) is 2.59. The zero-order chi connectivity index (χ0) is 10.4. The van der Waals surface area contributed by atoms with Crippen LogP contribution in [0.4, 0.5) is 0 Å². The standard InChI is InChI=1S/C9H5BrN2O2/c10-9-2-1-8(14-9)6-13-5-7(3-11)4-12/h1-2,5H,6H2. The topological polar surface area (TPSA) is 70.0 Å². The summed E-state index contributed by atoms with van der Waals surface area (Å²) in [4.78, 5) is 0. The van der Waals surface area contributed by atoms with Gasteiger partial charge in [0, 0.05) is 0 Å². The van der Waals surface area contributed by atoms with Crippen molar-refractivity contribution in [3.05, 3.63) is 34.4 Å². The number of halogens is 1. The number of furan rings is 1. The fourth-order valence-electron chi connectivity index (χ4n) is 0.714. The minimum Gasteiger partial charge on any atom is -0.491 e. The van der Waals surface area contributed by atoms with E-state index >= 15 is 0 Å². The summed E-state index contributed by atoms with van der Waals surface area (Å²) in [6.45, 7) is 0.193. The molecule has 0 fully saturated rings. The van der Waals surface area contributed by atoms with Gasteiger partial charge in [0.1, 0.15) is 30.8 Å². The smallest absolute Gasteiger partial charge is 0.169 e. The van der Waals surface area contributed by atoms with Crippen molar-refractivity contribution in [2.24, 2.45) is 0 Å². The Morgan fingerprint density at radius 2 is 2.21 bits per heavy atom. The Kier molecular flexibility index (Phi) is 3.78. The maximum absolute atomic E-state index is 8.38. The second-order valence-electron chi connectivity index (χ2n) is 2.27. The van der Waals surface area contributed by atoms with E-state index in [9.17, 15) is 0 Å². The van der Waals surface area contributed by atoms with Gasteiger partial charge in [-0.25, -0.2) is 0 Å². The van der Waals surface area contributed by atoms with Crippen LogP contribution < -0.4 is 0 Å². The zero-order valence-corrected chi connectivity index (χ0v) is 8.61. The maximum Gasteiger partial charge on any atom is 0.169 e. The molecule has 0 N–H and O–H groups in total. The quantitative estimate of drug-likeness (QED) is 0.612. The van der Waals surface area contributed by atoms with Gasteiger partial charge in [-0.1, -0.05) is 0 Å². The van der Waals surface area contributed by atoms with Crippen LogP contribution in [0.5, 0.6) is 0 Å². The Hall–Kier alpha value is -1.72. The number of nitrogens with zero attached hydrogens (tertiary/aromatic N) is 2. The van der Waals surface area contributed by atoms with Crippen molar-refractivity contribution in [2.75, 3.05) is 0 Å². The summed E-state index contributed by atoms with van der Waals surface area (Å²) in [7, 11) is 0. The molecule has 1 aromatic heterocycles. The van der Waals surface area contributed by atoms with Gasteiger partial charge in [0.05, 0.1) is 0 Å². The van der Waals surface area contributed by atoms with Crippen molar-refractivity contribution in [1.29, 1.82) is 10.5 Å². The van der Waals surface area contributed by atoms with Crippen molar-refractivity contribution >= 4 is 15.9 Å². The minimum absolute atomic E-state index is 0.0735. The first-order chi connectivity index (χ1) is 6.76. The molecule has 70 valence electrons. The Balaban J connectivity index is 2.47. The molecular formula is C9H5BrN2O2. The van der Waals surface area contributed by atoms with Crippen molar-refractivity contribution < 1.29 is 9.15 Å². The number of hydrogen-bond donors (Lipinski definition) is 0. The summed E-state index contributed by atoms with van der Waals surface area (Å²) in [6.07, 6.45) is 1.11. The second kappa shape index (κ2) is 5.11. The lowest BCUT2D eigenvalue weighted by Gasteiger charge is -1.95. The van der Waals surface area contributed by atoms with Crippen LogP contribution in [0.25, 0.3) is 0 Å². The van der Waals surface area contributed by atoms with Crippen LogP contribution >= 0.6 is 15.9 Å². The predicted octanol–water partition coefficient (Wildman–Crippen LogP) is 2.49. The van der Waals surface area contributed by atoms with E-state index in [0.717, 1.165) is 6.26 Å². The summed E-state index contributed by atoms with van der Waals surface area (Å²) >= 11 is 3.14. The van der Waals surface area contributed by atoms with Crippen molar-refractivity contribution in [2.45, 2.75) is 6.61 Å². The maximum atomic E-state index is 8.38. The highest BCUT2D eigenvalue weighted by molar-refractivity contribution is 9.10. The second-order valence-corrected chi connectivity index (χ2v) is 3.05. The van der Waals surface area contributed by atoms with Gasteiger partial charge in [-0.15, -0.1) is 0 Å². The lowest BCUT2D eigenvalue weighted by atomic mass is 10.4. The Morgan fingerprint density at radius 1 is 1.50 bits per heavy atom. The number of allylic oxidation sites excluding steroid dienone is 1. The average molecular weight is 253 g/mol. The lowest BCUT2D eigenvalue weighted by molar-refractivity contribution is 0.207. The molecule has 1 heterocycles. The molecule has 0 atom stereocenters. The highest BCUT2D eigenvalue weighted by atomic mass is 79.9. The zero-order valence-electron chi connectivity index (χ0n) is 7.03. The molecule has 0 unspecified atom stereocenters. The van der Waals surface area contributed by atoms with Gasteiger partial charge in [-0.3, -0.25) is 0 Å². The number of ether oxygens (including phenoxy) is 1. The third-order valence-electron chi connectivity index (χ3n) is 1.30. The van der Waals surface area contributed by atoms with Crippen LogP contribution in [0.1, 0.15) is 5.76 Å². The van der Waals surface area contributed by atoms with Crippen LogP contribution in [0.2, 0.25) is 0 Å². The number of hydrogen-bond acceptors (Lipinski definition) is 4. The summed E-state index contributed by atoms with van der Waals surface area (Å²) in [5.41, 5.74) is -0.0735. The molecule has 5 heteroatoms.